The lowest BCUT2D eigenvalue weighted by Gasteiger charge is -2.14. The van der Waals surface area contributed by atoms with Crippen LogP contribution in [0.1, 0.15) is 24.2 Å². The Morgan fingerprint density at radius 3 is 2.95 bits per heavy atom. The summed E-state index contributed by atoms with van der Waals surface area (Å²) in [4.78, 5) is 15.1. The molecule has 1 aromatic heterocycles. The molecule has 0 aliphatic heterocycles. The second-order valence-corrected chi connectivity index (χ2v) is 5.12. The molecule has 3 N–H and O–H groups in total. The number of hydrogen-bond donors (Lipinski definition) is 3. The first-order valence-corrected chi connectivity index (χ1v) is 6.47. The van der Waals surface area contributed by atoms with Crippen molar-refractivity contribution in [3.8, 4) is 0 Å². The highest BCUT2D eigenvalue weighted by Crippen LogP contribution is 2.15. The summed E-state index contributed by atoms with van der Waals surface area (Å²) in [5.74, 6) is -0.144. The summed E-state index contributed by atoms with van der Waals surface area (Å²) in [6.07, 6.45) is -0.552. The number of carbonyl (C=O) groups excluding carboxylic acids is 1. The quantitative estimate of drug-likeness (QED) is 0.750. The van der Waals surface area contributed by atoms with Crippen LogP contribution in [-0.4, -0.2) is 28.6 Å². The highest BCUT2D eigenvalue weighted by atomic mass is 32.1. The van der Waals surface area contributed by atoms with E-state index in [1.54, 1.807) is 18.2 Å². The molecule has 0 fully saturated rings. The monoisotopic (exact) mass is 280 g/mol. The lowest BCUT2D eigenvalue weighted by Crippen LogP contribution is -2.34. The molecule has 1 amide bonds. The molecule has 2 aromatic rings. The molecule has 1 atom stereocenters. The number of aromatic amines is 1. The zero-order valence-corrected chi connectivity index (χ0v) is 11.6. The van der Waals surface area contributed by atoms with Gasteiger partial charge in [0.1, 0.15) is 0 Å². The summed E-state index contributed by atoms with van der Waals surface area (Å²) in [7, 11) is 0. The largest absolute Gasteiger partial charge is 0.429 e. The third kappa shape index (κ3) is 3.21. The molecule has 1 unspecified atom stereocenters. The zero-order valence-electron chi connectivity index (χ0n) is 10.8. The molecular formula is C13H16N2O3S. The molecule has 1 aromatic carbocycles. The number of H-pyrrole nitrogens is 1. The van der Waals surface area contributed by atoms with E-state index in [-0.39, 0.29) is 23.2 Å². The van der Waals surface area contributed by atoms with Gasteiger partial charge in [0.2, 0.25) is 0 Å². The fourth-order valence-corrected chi connectivity index (χ4v) is 1.82. The van der Waals surface area contributed by atoms with E-state index in [1.165, 1.54) is 0 Å². The number of nitrogens with one attached hydrogen (secondary N) is 2. The Hall–Kier alpha value is -1.66. The third-order valence-corrected chi connectivity index (χ3v) is 3.11. The molecule has 19 heavy (non-hydrogen) atoms. The first kappa shape index (κ1) is 13.8. The summed E-state index contributed by atoms with van der Waals surface area (Å²) in [5, 5.41) is 12.3. The number of fused-ring (bicyclic) bond motifs is 1. The topological polar surface area (TPSA) is 78.3 Å². The summed E-state index contributed by atoms with van der Waals surface area (Å²) >= 11 is 4.88. The number of rotatable bonds is 4. The van der Waals surface area contributed by atoms with Crippen LogP contribution in [0.15, 0.2) is 22.6 Å². The van der Waals surface area contributed by atoms with Crippen molar-refractivity contribution in [3.63, 3.8) is 0 Å². The van der Waals surface area contributed by atoms with E-state index in [0.717, 1.165) is 5.52 Å². The van der Waals surface area contributed by atoms with Crippen molar-refractivity contribution in [3.05, 3.63) is 28.6 Å². The fraction of sp³-hybridized carbons (Fsp3) is 0.385. The van der Waals surface area contributed by atoms with Crippen LogP contribution in [0.25, 0.3) is 11.1 Å². The summed E-state index contributed by atoms with van der Waals surface area (Å²) < 4.78 is 5.25. The van der Waals surface area contributed by atoms with Crippen molar-refractivity contribution < 1.29 is 14.3 Å². The van der Waals surface area contributed by atoms with Gasteiger partial charge >= 0.3 is 0 Å². The van der Waals surface area contributed by atoms with Gasteiger partial charge in [0.25, 0.3) is 10.7 Å². The summed E-state index contributed by atoms with van der Waals surface area (Å²) in [6.45, 7) is 4.02. The Labute approximate surface area is 115 Å². The Balaban J connectivity index is 2.10. The van der Waals surface area contributed by atoms with E-state index in [4.69, 9.17) is 16.6 Å². The van der Waals surface area contributed by atoms with E-state index >= 15 is 0 Å². The van der Waals surface area contributed by atoms with Gasteiger partial charge in [-0.25, -0.2) is 0 Å². The van der Waals surface area contributed by atoms with Crippen LogP contribution in [0.3, 0.4) is 0 Å². The fourth-order valence-electron chi connectivity index (χ4n) is 1.62. The SMILES string of the molecule is CC(C)C(O)CNC(=O)c1ccc2[nH]c(=S)oc2c1. The van der Waals surface area contributed by atoms with E-state index < -0.39 is 6.10 Å². The summed E-state index contributed by atoms with van der Waals surface area (Å²) in [6, 6.07) is 5.04. The molecule has 0 saturated carbocycles. The molecule has 0 radical (unpaired) electrons. The van der Waals surface area contributed by atoms with Crippen LogP contribution in [0.4, 0.5) is 0 Å². The lowest BCUT2D eigenvalue weighted by molar-refractivity contribution is 0.0871. The van der Waals surface area contributed by atoms with Crippen molar-refractivity contribution in [1.82, 2.24) is 10.3 Å². The van der Waals surface area contributed by atoms with Crippen LogP contribution >= 0.6 is 12.2 Å². The number of carbonyl (C=O) groups is 1. The minimum atomic E-state index is -0.552. The number of oxazole rings is 1. The van der Waals surface area contributed by atoms with Gasteiger partial charge in [-0.05, 0) is 36.3 Å². The Morgan fingerprint density at radius 2 is 2.26 bits per heavy atom. The Morgan fingerprint density at radius 1 is 1.53 bits per heavy atom. The molecule has 0 bridgehead atoms. The average Bonchev–Trinajstić information content (AvgIpc) is 2.74. The van der Waals surface area contributed by atoms with Crippen molar-refractivity contribution in [2.45, 2.75) is 20.0 Å². The first-order chi connectivity index (χ1) is 8.97. The maximum atomic E-state index is 11.9. The molecule has 1 heterocycles. The van der Waals surface area contributed by atoms with Crippen molar-refractivity contribution in [2.24, 2.45) is 5.92 Å². The molecular weight excluding hydrogens is 264 g/mol. The van der Waals surface area contributed by atoms with Crippen LogP contribution in [0, 0.1) is 10.8 Å². The predicted molar refractivity (Wildman–Crippen MR) is 74.6 cm³/mol. The van der Waals surface area contributed by atoms with Crippen molar-refractivity contribution in [2.75, 3.05) is 6.54 Å². The smallest absolute Gasteiger partial charge is 0.266 e. The molecule has 102 valence electrons. The number of aromatic nitrogens is 1. The molecule has 2 rings (SSSR count). The van der Waals surface area contributed by atoms with Crippen molar-refractivity contribution in [1.29, 1.82) is 0 Å². The van der Waals surface area contributed by atoms with Gasteiger partial charge in [-0.2, -0.15) is 0 Å². The second-order valence-electron chi connectivity index (χ2n) is 4.75. The Bertz CT molecular complexity index is 645. The minimum absolute atomic E-state index is 0.102. The number of aliphatic hydroxyl groups is 1. The first-order valence-electron chi connectivity index (χ1n) is 6.06. The number of hydrogen-bond acceptors (Lipinski definition) is 4. The van der Waals surface area contributed by atoms with Crippen molar-refractivity contribution >= 4 is 29.2 Å². The van der Waals surface area contributed by atoms with Gasteiger partial charge in [-0.1, -0.05) is 13.8 Å². The third-order valence-electron chi connectivity index (χ3n) is 2.92. The molecule has 6 heteroatoms. The second kappa shape index (κ2) is 5.54. The maximum Gasteiger partial charge on any atom is 0.266 e. The molecule has 0 spiro atoms. The van der Waals surface area contributed by atoms with Gasteiger partial charge < -0.3 is 19.8 Å². The molecule has 0 aliphatic carbocycles. The van der Waals surface area contributed by atoms with Gasteiger partial charge in [0.05, 0.1) is 11.6 Å². The summed E-state index contributed by atoms with van der Waals surface area (Å²) in [5.41, 5.74) is 1.77. The molecule has 5 nitrogen and oxygen atoms in total. The van der Waals surface area contributed by atoms with Crippen LogP contribution in [0.5, 0.6) is 0 Å². The predicted octanol–water partition coefficient (Wildman–Crippen LogP) is 2.24. The highest BCUT2D eigenvalue weighted by molar-refractivity contribution is 7.71. The van der Waals surface area contributed by atoms with Gasteiger partial charge in [0, 0.05) is 12.1 Å². The highest BCUT2D eigenvalue weighted by Gasteiger charge is 2.12. The number of benzene rings is 1. The number of aliphatic hydroxyl groups excluding tert-OH is 1. The number of amides is 1. The van der Waals surface area contributed by atoms with Gasteiger partial charge in [0.15, 0.2) is 5.58 Å². The van der Waals surface area contributed by atoms with E-state index in [9.17, 15) is 9.90 Å². The average molecular weight is 280 g/mol. The van der Waals surface area contributed by atoms with Crippen LogP contribution < -0.4 is 5.32 Å². The maximum absolute atomic E-state index is 11.9. The minimum Gasteiger partial charge on any atom is -0.429 e. The molecule has 0 aliphatic rings. The van der Waals surface area contributed by atoms with Gasteiger partial charge in [-0.3, -0.25) is 4.79 Å². The normalized spacial score (nSPS) is 12.8. The zero-order chi connectivity index (χ0) is 14.0. The standard InChI is InChI=1S/C13H16N2O3S/c1-7(2)10(16)6-14-12(17)8-3-4-9-11(5-8)18-13(19)15-9/h3-5,7,10,16H,6H2,1-2H3,(H,14,17)(H,15,19). The molecule has 0 saturated heterocycles. The Kier molecular flexibility index (Phi) is 4.01. The van der Waals surface area contributed by atoms with Crippen LogP contribution in [0.2, 0.25) is 0 Å². The van der Waals surface area contributed by atoms with E-state index in [2.05, 4.69) is 10.3 Å². The van der Waals surface area contributed by atoms with E-state index in [1.807, 2.05) is 13.8 Å². The lowest BCUT2D eigenvalue weighted by atomic mass is 10.1. The van der Waals surface area contributed by atoms with Gasteiger partial charge in [-0.15, -0.1) is 0 Å². The van der Waals surface area contributed by atoms with E-state index in [0.29, 0.717) is 11.1 Å². The van der Waals surface area contributed by atoms with Crippen LogP contribution in [-0.2, 0) is 0 Å².